The number of rotatable bonds is 4. The number of halogens is 1. The predicted molar refractivity (Wildman–Crippen MR) is 83.1 cm³/mol. The maximum Gasteiger partial charge on any atom is 0.139 e. The number of para-hydroxylation sites is 1. The summed E-state index contributed by atoms with van der Waals surface area (Å²) in [6.45, 7) is 6.80. The van der Waals surface area contributed by atoms with Gasteiger partial charge in [-0.1, -0.05) is 12.1 Å². The van der Waals surface area contributed by atoms with Gasteiger partial charge in [-0.25, -0.2) is 9.97 Å². The number of aryl methyl sites for hydroxylation is 1. The molecule has 0 amide bonds. The highest BCUT2D eigenvalue weighted by atomic mass is 79.9. The van der Waals surface area contributed by atoms with Gasteiger partial charge in [0, 0.05) is 16.6 Å². The molecule has 19 heavy (non-hydrogen) atoms. The number of aromatic nitrogens is 2. The van der Waals surface area contributed by atoms with Crippen molar-refractivity contribution in [1.29, 1.82) is 0 Å². The number of hydrogen-bond donors (Lipinski definition) is 2. The van der Waals surface area contributed by atoms with Crippen LogP contribution in [0.15, 0.2) is 28.7 Å². The van der Waals surface area contributed by atoms with Gasteiger partial charge in [0.05, 0.1) is 5.69 Å². The normalized spacial score (nSPS) is 10.3. The summed E-state index contributed by atoms with van der Waals surface area (Å²) < 4.78 is 1.01. The first-order valence-electron chi connectivity index (χ1n) is 6.22. The van der Waals surface area contributed by atoms with Crippen molar-refractivity contribution in [3.63, 3.8) is 0 Å². The van der Waals surface area contributed by atoms with E-state index in [1.807, 2.05) is 38.1 Å². The van der Waals surface area contributed by atoms with Gasteiger partial charge in [-0.2, -0.15) is 0 Å². The highest BCUT2D eigenvalue weighted by Crippen LogP contribution is 2.28. The van der Waals surface area contributed by atoms with E-state index < -0.39 is 0 Å². The van der Waals surface area contributed by atoms with Crippen molar-refractivity contribution in [3.05, 3.63) is 40.1 Å². The zero-order valence-electron chi connectivity index (χ0n) is 11.3. The molecule has 0 aliphatic carbocycles. The van der Waals surface area contributed by atoms with E-state index in [-0.39, 0.29) is 0 Å². The molecule has 0 aliphatic heterocycles. The molecule has 4 nitrogen and oxygen atoms in total. The molecule has 0 spiro atoms. The fourth-order valence-corrected chi connectivity index (χ4v) is 2.16. The van der Waals surface area contributed by atoms with Gasteiger partial charge in [0.15, 0.2) is 0 Å². The predicted octanol–water partition coefficient (Wildman–Crippen LogP) is 4.03. The number of nitrogens with zero attached hydrogens (tertiary/aromatic N) is 2. The van der Waals surface area contributed by atoms with Crippen LogP contribution in [0.4, 0.5) is 17.3 Å². The van der Waals surface area contributed by atoms with E-state index in [4.69, 9.17) is 0 Å². The second kappa shape index (κ2) is 6.02. The van der Waals surface area contributed by atoms with Gasteiger partial charge < -0.3 is 10.6 Å². The molecule has 2 rings (SSSR count). The number of hydrogen-bond acceptors (Lipinski definition) is 4. The van der Waals surface area contributed by atoms with Crippen molar-refractivity contribution in [3.8, 4) is 0 Å². The lowest BCUT2D eigenvalue weighted by Gasteiger charge is -2.14. The van der Waals surface area contributed by atoms with E-state index in [1.165, 1.54) is 0 Å². The van der Waals surface area contributed by atoms with Crippen LogP contribution < -0.4 is 10.6 Å². The zero-order valence-corrected chi connectivity index (χ0v) is 12.9. The van der Waals surface area contributed by atoms with Gasteiger partial charge in [-0.05, 0) is 48.8 Å². The lowest BCUT2D eigenvalue weighted by molar-refractivity contribution is 1.02. The lowest BCUT2D eigenvalue weighted by Crippen LogP contribution is -2.07. The average molecular weight is 321 g/mol. The molecular formula is C14H17BrN4. The van der Waals surface area contributed by atoms with E-state index in [2.05, 4.69) is 43.5 Å². The molecule has 1 heterocycles. The summed E-state index contributed by atoms with van der Waals surface area (Å²) in [4.78, 5) is 8.88. The Balaban J connectivity index is 2.37. The molecule has 1 aromatic heterocycles. The number of nitrogens with one attached hydrogen (secondary N) is 2. The Kier molecular flexibility index (Phi) is 4.37. The first-order valence-corrected chi connectivity index (χ1v) is 7.01. The van der Waals surface area contributed by atoms with Crippen LogP contribution in [-0.2, 0) is 0 Å². The molecular weight excluding hydrogens is 304 g/mol. The third-order valence-electron chi connectivity index (χ3n) is 2.73. The third kappa shape index (κ3) is 3.23. The monoisotopic (exact) mass is 320 g/mol. The van der Waals surface area contributed by atoms with E-state index in [0.717, 1.165) is 39.7 Å². The summed E-state index contributed by atoms with van der Waals surface area (Å²) in [5.41, 5.74) is 2.01. The quantitative estimate of drug-likeness (QED) is 0.892. The Morgan fingerprint density at radius 3 is 2.47 bits per heavy atom. The van der Waals surface area contributed by atoms with Crippen molar-refractivity contribution in [2.75, 3.05) is 17.2 Å². The Bertz CT molecular complexity index is 584. The summed E-state index contributed by atoms with van der Waals surface area (Å²) in [5.74, 6) is 2.45. The van der Waals surface area contributed by atoms with Crippen LogP contribution in [-0.4, -0.2) is 16.5 Å². The van der Waals surface area contributed by atoms with E-state index in [0.29, 0.717) is 0 Å². The van der Waals surface area contributed by atoms with E-state index in [1.54, 1.807) is 0 Å². The summed E-state index contributed by atoms with van der Waals surface area (Å²) in [7, 11) is 0. The molecule has 0 bridgehead atoms. The van der Waals surface area contributed by atoms with Crippen molar-refractivity contribution in [2.45, 2.75) is 20.8 Å². The fraction of sp³-hybridized carbons (Fsp3) is 0.286. The molecule has 5 heteroatoms. The van der Waals surface area contributed by atoms with Crippen molar-refractivity contribution >= 4 is 33.3 Å². The average Bonchev–Trinajstić information content (AvgIpc) is 2.38. The van der Waals surface area contributed by atoms with Gasteiger partial charge in [-0.3, -0.25) is 0 Å². The topological polar surface area (TPSA) is 49.8 Å². The van der Waals surface area contributed by atoms with Crippen molar-refractivity contribution in [2.24, 2.45) is 0 Å². The van der Waals surface area contributed by atoms with Crippen molar-refractivity contribution < 1.29 is 0 Å². The summed E-state index contributed by atoms with van der Waals surface area (Å²) >= 11 is 3.52. The molecule has 0 saturated carbocycles. The minimum absolute atomic E-state index is 0.746. The second-order valence-electron chi connectivity index (χ2n) is 4.23. The first-order chi connectivity index (χ1) is 9.11. The minimum Gasteiger partial charge on any atom is -0.370 e. The maximum absolute atomic E-state index is 4.47. The summed E-state index contributed by atoms with van der Waals surface area (Å²) in [6.07, 6.45) is 0. The Morgan fingerprint density at radius 1 is 1.11 bits per heavy atom. The zero-order chi connectivity index (χ0) is 13.8. The summed E-state index contributed by atoms with van der Waals surface area (Å²) in [5, 5.41) is 6.60. The van der Waals surface area contributed by atoms with Crippen LogP contribution in [0.25, 0.3) is 0 Å². The van der Waals surface area contributed by atoms with Crippen LogP contribution in [0, 0.1) is 13.8 Å². The smallest absolute Gasteiger partial charge is 0.139 e. The molecule has 0 aliphatic rings. The number of benzene rings is 1. The van der Waals surface area contributed by atoms with Gasteiger partial charge in [0.25, 0.3) is 0 Å². The number of anilines is 3. The van der Waals surface area contributed by atoms with Gasteiger partial charge in [0.2, 0.25) is 0 Å². The SMILES string of the molecule is CCNc1nc(C)nc(Nc2ccccc2Br)c1C. The van der Waals surface area contributed by atoms with Crippen LogP contribution in [0.2, 0.25) is 0 Å². The maximum atomic E-state index is 4.47. The summed E-state index contributed by atoms with van der Waals surface area (Å²) in [6, 6.07) is 7.98. The second-order valence-corrected chi connectivity index (χ2v) is 5.08. The molecule has 0 saturated heterocycles. The minimum atomic E-state index is 0.746. The molecule has 2 aromatic rings. The van der Waals surface area contributed by atoms with Crippen molar-refractivity contribution in [1.82, 2.24) is 9.97 Å². The standard InChI is InChI=1S/C14H17BrN4/c1-4-16-13-9(2)14(18-10(3)17-13)19-12-8-6-5-7-11(12)15/h5-8H,4H2,1-3H3,(H2,16,17,18,19). The largest absolute Gasteiger partial charge is 0.370 e. The molecule has 0 unspecified atom stereocenters. The molecule has 0 radical (unpaired) electrons. The van der Waals surface area contributed by atoms with Crippen LogP contribution in [0.3, 0.4) is 0 Å². The van der Waals surface area contributed by atoms with Crippen LogP contribution in [0.5, 0.6) is 0 Å². The third-order valence-corrected chi connectivity index (χ3v) is 3.42. The fourth-order valence-electron chi connectivity index (χ4n) is 1.78. The van der Waals surface area contributed by atoms with Gasteiger partial charge >= 0.3 is 0 Å². The molecule has 0 atom stereocenters. The van der Waals surface area contributed by atoms with Gasteiger partial charge in [0.1, 0.15) is 17.5 Å². The van der Waals surface area contributed by atoms with E-state index >= 15 is 0 Å². The Hall–Kier alpha value is -1.62. The van der Waals surface area contributed by atoms with Crippen LogP contribution >= 0.6 is 15.9 Å². The van der Waals surface area contributed by atoms with Crippen LogP contribution in [0.1, 0.15) is 18.3 Å². The molecule has 1 aromatic carbocycles. The molecule has 2 N–H and O–H groups in total. The molecule has 0 fully saturated rings. The highest BCUT2D eigenvalue weighted by Gasteiger charge is 2.09. The van der Waals surface area contributed by atoms with Gasteiger partial charge in [-0.15, -0.1) is 0 Å². The Morgan fingerprint density at radius 2 is 1.79 bits per heavy atom. The first kappa shape index (κ1) is 13.8. The Labute approximate surface area is 121 Å². The highest BCUT2D eigenvalue weighted by molar-refractivity contribution is 9.10. The molecule has 100 valence electrons. The lowest BCUT2D eigenvalue weighted by atomic mass is 10.2. The van der Waals surface area contributed by atoms with E-state index in [9.17, 15) is 0 Å².